The molecule has 7 heteroatoms. The first kappa shape index (κ1) is 23.3. The average molecular weight is 466 g/mol. The first-order valence-electron chi connectivity index (χ1n) is 11.4. The third-order valence-electron chi connectivity index (χ3n) is 6.16. The van der Waals surface area contributed by atoms with Crippen molar-refractivity contribution in [2.45, 2.75) is 51.9 Å². The summed E-state index contributed by atoms with van der Waals surface area (Å²) in [4.78, 5) is 19.6. The summed E-state index contributed by atoms with van der Waals surface area (Å²) >= 11 is 1.53. The summed E-state index contributed by atoms with van der Waals surface area (Å²) in [5, 5.41) is 5.01. The van der Waals surface area contributed by atoms with Gasteiger partial charge in [-0.3, -0.25) is 9.69 Å². The van der Waals surface area contributed by atoms with Crippen LogP contribution >= 0.6 is 11.3 Å². The van der Waals surface area contributed by atoms with Gasteiger partial charge in [-0.05, 0) is 55.6 Å². The van der Waals surface area contributed by atoms with E-state index in [2.05, 4.69) is 40.3 Å². The van der Waals surface area contributed by atoms with Crippen LogP contribution in [0.15, 0.2) is 53.4 Å². The van der Waals surface area contributed by atoms with Crippen molar-refractivity contribution in [2.75, 3.05) is 13.7 Å². The normalized spacial score (nSPS) is 16.4. The predicted octanol–water partition coefficient (Wildman–Crippen LogP) is 5.04. The van der Waals surface area contributed by atoms with Gasteiger partial charge < -0.3 is 14.8 Å². The largest absolute Gasteiger partial charge is 0.493 e. The zero-order valence-corrected chi connectivity index (χ0v) is 20.1. The number of carbonyl (C=O) groups excluding carboxylic acids is 1. The SMILES string of the molecule is COc1cc(C(=O)NCc2ccccc2CN2CCCCC2C)ccc1OCc1cscn1. The third-order valence-corrected chi connectivity index (χ3v) is 6.79. The summed E-state index contributed by atoms with van der Waals surface area (Å²) in [6.45, 7) is 5.21. The van der Waals surface area contributed by atoms with Crippen molar-refractivity contribution >= 4 is 17.2 Å². The van der Waals surface area contributed by atoms with Gasteiger partial charge >= 0.3 is 0 Å². The number of methoxy groups -OCH3 is 1. The summed E-state index contributed by atoms with van der Waals surface area (Å²) in [6, 6.07) is 14.2. The van der Waals surface area contributed by atoms with Crippen molar-refractivity contribution in [3.63, 3.8) is 0 Å². The van der Waals surface area contributed by atoms with Crippen LogP contribution in [0.25, 0.3) is 0 Å². The van der Waals surface area contributed by atoms with Gasteiger partial charge in [-0.1, -0.05) is 30.7 Å². The molecule has 2 heterocycles. The minimum Gasteiger partial charge on any atom is -0.493 e. The van der Waals surface area contributed by atoms with E-state index in [0.29, 0.717) is 36.3 Å². The number of benzene rings is 2. The molecule has 1 amide bonds. The molecule has 174 valence electrons. The second-order valence-electron chi connectivity index (χ2n) is 8.40. The van der Waals surface area contributed by atoms with Crippen LogP contribution in [0.4, 0.5) is 0 Å². The molecular formula is C26H31N3O3S. The van der Waals surface area contributed by atoms with E-state index in [1.807, 2.05) is 11.4 Å². The van der Waals surface area contributed by atoms with Gasteiger partial charge in [0.25, 0.3) is 5.91 Å². The smallest absolute Gasteiger partial charge is 0.251 e. The molecule has 1 aliphatic rings. The molecule has 1 aliphatic heterocycles. The van der Waals surface area contributed by atoms with Gasteiger partial charge in [-0.25, -0.2) is 4.98 Å². The molecule has 3 aromatic rings. The maximum Gasteiger partial charge on any atom is 0.251 e. The Morgan fingerprint density at radius 1 is 1.18 bits per heavy atom. The quantitative estimate of drug-likeness (QED) is 0.480. The summed E-state index contributed by atoms with van der Waals surface area (Å²) in [5.41, 5.74) is 5.60. The van der Waals surface area contributed by atoms with Gasteiger partial charge in [0.15, 0.2) is 11.5 Å². The Morgan fingerprint density at radius 2 is 2.03 bits per heavy atom. The second kappa shape index (κ2) is 11.3. The Bertz CT molecular complexity index is 1050. The zero-order valence-electron chi connectivity index (χ0n) is 19.3. The third kappa shape index (κ3) is 6.12. The minimum absolute atomic E-state index is 0.138. The topological polar surface area (TPSA) is 63.7 Å². The van der Waals surface area contributed by atoms with E-state index in [9.17, 15) is 4.79 Å². The first-order valence-corrected chi connectivity index (χ1v) is 12.3. The Kier molecular flexibility index (Phi) is 7.96. The van der Waals surface area contributed by atoms with Crippen LogP contribution in [0.1, 0.15) is 53.4 Å². The highest BCUT2D eigenvalue weighted by atomic mass is 32.1. The number of piperidine rings is 1. The molecule has 1 fully saturated rings. The Labute approximate surface area is 199 Å². The fourth-order valence-corrected chi connectivity index (χ4v) is 4.70. The molecule has 1 aromatic heterocycles. The lowest BCUT2D eigenvalue weighted by Crippen LogP contribution is -2.37. The van der Waals surface area contributed by atoms with E-state index < -0.39 is 0 Å². The molecule has 4 rings (SSSR count). The molecule has 1 unspecified atom stereocenters. The number of carbonyl (C=O) groups is 1. The summed E-state index contributed by atoms with van der Waals surface area (Å²) in [6.07, 6.45) is 3.83. The zero-order chi connectivity index (χ0) is 23.0. The molecule has 6 nitrogen and oxygen atoms in total. The lowest BCUT2D eigenvalue weighted by Gasteiger charge is -2.33. The van der Waals surface area contributed by atoms with Gasteiger partial charge in [0.05, 0.1) is 18.3 Å². The van der Waals surface area contributed by atoms with Crippen molar-refractivity contribution in [1.29, 1.82) is 0 Å². The van der Waals surface area contributed by atoms with Crippen molar-refractivity contribution in [1.82, 2.24) is 15.2 Å². The average Bonchev–Trinajstić information content (AvgIpc) is 3.37. The maximum atomic E-state index is 12.9. The predicted molar refractivity (Wildman–Crippen MR) is 131 cm³/mol. The molecule has 1 atom stereocenters. The highest BCUT2D eigenvalue weighted by Crippen LogP contribution is 2.29. The Hall–Kier alpha value is -2.90. The molecule has 0 saturated carbocycles. The summed E-state index contributed by atoms with van der Waals surface area (Å²) in [7, 11) is 1.57. The van der Waals surface area contributed by atoms with E-state index in [1.165, 1.54) is 36.2 Å². The number of hydrogen-bond acceptors (Lipinski definition) is 6. The molecule has 1 N–H and O–H groups in total. The van der Waals surface area contributed by atoms with Crippen molar-refractivity contribution in [2.24, 2.45) is 0 Å². The number of nitrogens with one attached hydrogen (secondary N) is 1. The standard InChI is InChI=1S/C26H31N3O3S/c1-19-7-5-6-12-29(19)15-22-9-4-3-8-21(22)14-27-26(30)20-10-11-24(25(13-20)31-2)32-16-23-17-33-18-28-23/h3-4,8-11,13,17-19H,5-7,12,14-16H2,1-2H3,(H,27,30). The fraction of sp³-hybridized carbons (Fsp3) is 0.385. The van der Waals surface area contributed by atoms with Crippen molar-refractivity contribution in [3.8, 4) is 11.5 Å². The van der Waals surface area contributed by atoms with Gasteiger partial charge in [-0.2, -0.15) is 0 Å². The van der Waals surface area contributed by atoms with E-state index >= 15 is 0 Å². The number of thiazole rings is 1. The van der Waals surface area contributed by atoms with Gasteiger partial charge in [0.2, 0.25) is 0 Å². The van der Waals surface area contributed by atoms with E-state index in [4.69, 9.17) is 9.47 Å². The van der Waals surface area contributed by atoms with E-state index in [-0.39, 0.29) is 5.91 Å². The summed E-state index contributed by atoms with van der Waals surface area (Å²) in [5.74, 6) is 0.973. The van der Waals surface area contributed by atoms with Crippen molar-refractivity contribution in [3.05, 3.63) is 75.7 Å². The molecule has 0 aliphatic carbocycles. The summed E-state index contributed by atoms with van der Waals surface area (Å²) < 4.78 is 11.3. The molecule has 0 bridgehead atoms. The van der Waals surface area contributed by atoms with Crippen LogP contribution in [0.2, 0.25) is 0 Å². The number of likely N-dealkylation sites (tertiary alicyclic amines) is 1. The van der Waals surface area contributed by atoms with Crippen LogP contribution in [0, 0.1) is 0 Å². The second-order valence-corrected chi connectivity index (χ2v) is 9.12. The van der Waals surface area contributed by atoms with Crippen LogP contribution in [0.5, 0.6) is 11.5 Å². The molecule has 0 spiro atoms. The van der Waals surface area contributed by atoms with Crippen LogP contribution < -0.4 is 14.8 Å². The van der Waals surface area contributed by atoms with Gasteiger partial charge in [0, 0.05) is 30.1 Å². The molecule has 1 saturated heterocycles. The monoisotopic (exact) mass is 465 g/mol. The van der Waals surface area contributed by atoms with Gasteiger partial charge in [-0.15, -0.1) is 11.3 Å². The Morgan fingerprint density at radius 3 is 2.79 bits per heavy atom. The van der Waals surface area contributed by atoms with Crippen LogP contribution in [-0.4, -0.2) is 35.5 Å². The van der Waals surface area contributed by atoms with Crippen LogP contribution in [0.3, 0.4) is 0 Å². The maximum absolute atomic E-state index is 12.9. The number of hydrogen-bond donors (Lipinski definition) is 1. The highest BCUT2D eigenvalue weighted by Gasteiger charge is 2.19. The number of nitrogens with zero attached hydrogens (tertiary/aromatic N) is 2. The van der Waals surface area contributed by atoms with E-state index in [0.717, 1.165) is 24.3 Å². The van der Waals surface area contributed by atoms with Crippen molar-refractivity contribution < 1.29 is 14.3 Å². The molecular weight excluding hydrogens is 434 g/mol. The molecule has 33 heavy (non-hydrogen) atoms. The lowest BCUT2D eigenvalue weighted by atomic mass is 10.0. The minimum atomic E-state index is -0.138. The molecule has 2 aromatic carbocycles. The van der Waals surface area contributed by atoms with Gasteiger partial charge in [0.1, 0.15) is 6.61 Å². The van der Waals surface area contributed by atoms with Crippen LogP contribution in [-0.2, 0) is 19.7 Å². The number of ether oxygens (including phenoxy) is 2. The number of rotatable bonds is 9. The number of amides is 1. The Balaban J connectivity index is 1.38. The fourth-order valence-electron chi connectivity index (χ4n) is 4.16. The molecule has 0 radical (unpaired) electrons. The highest BCUT2D eigenvalue weighted by molar-refractivity contribution is 7.07. The van der Waals surface area contributed by atoms with E-state index in [1.54, 1.807) is 30.8 Å². The lowest BCUT2D eigenvalue weighted by molar-refractivity contribution is 0.0950. The first-order chi connectivity index (χ1) is 16.1. The number of aromatic nitrogens is 1.